The fourth-order valence-electron chi connectivity index (χ4n) is 9.82. The van der Waals surface area contributed by atoms with Crippen molar-refractivity contribution in [1.82, 2.24) is 4.90 Å². The number of esters is 1. The number of Topliss-reactive ketones (excluding diaryl/α,β-unsaturated/α-hetero) is 2. The lowest BCUT2D eigenvalue weighted by molar-refractivity contribution is -0.171. The highest BCUT2D eigenvalue weighted by molar-refractivity contribution is 6.28. The van der Waals surface area contributed by atoms with Crippen LogP contribution in [0.5, 0.6) is 0 Å². The molecule has 4 aliphatic rings. The van der Waals surface area contributed by atoms with Crippen molar-refractivity contribution in [3.63, 3.8) is 0 Å². The van der Waals surface area contributed by atoms with Crippen LogP contribution in [0.1, 0.15) is 112 Å². The molecule has 318 valence electrons. The van der Waals surface area contributed by atoms with E-state index in [1.807, 2.05) is 32.9 Å². The average Bonchev–Trinajstić information content (AvgIpc) is 3.35. The normalized spacial score (nSPS) is 42.7. The number of piperidine rings is 1. The van der Waals surface area contributed by atoms with Crippen LogP contribution in [-0.4, -0.2) is 131 Å². The molecule has 3 aliphatic heterocycles. The highest BCUT2D eigenvalue weighted by Gasteiger charge is 2.72. The fourth-order valence-corrected chi connectivity index (χ4v) is 9.82. The number of amides is 1. The van der Waals surface area contributed by atoms with Gasteiger partial charge in [0.2, 0.25) is 16.9 Å². The Morgan fingerprint density at radius 1 is 0.911 bits per heavy atom. The molecule has 4 N–H and O–H groups in total. The van der Waals surface area contributed by atoms with Crippen LogP contribution in [0.15, 0.2) is 23.3 Å². The lowest BCUT2D eigenvalue weighted by Crippen LogP contribution is -2.60. The summed E-state index contributed by atoms with van der Waals surface area (Å²) in [6, 6.07) is 0. The van der Waals surface area contributed by atoms with Crippen molar-refractivity contribution in [2.45, 2.75) is 166 Å². The molecule has 2 saturated heterocycles. The maximum absolute atomic E-state index is 14.8. The zero-order valence-corrected chi connectivity index (χ0v) is 35.1. The molecule has 3 heterocycles. The monoisotopic (exact) mass is 791 g/mol. The summed E-state index contributed by atoms with van der Waals surface area (Å²) in [5.74, 6) is -5.40. The Morgan fingerprint density at radius 2 is 1.55 bits per heavy atom. The molecule has 0 aromatic heterocycles. The highest BCUT2D eigenvalue weighted by atomic mass is 16.6. The van der Waals surface area contributed by atoms with Gasteiger partial charge in [0, 0.05) is 52.0 Å². The van der Waals surface area contributed by atoms with E-state index < -0.39 is 83.2 Å². The van der Waals surface area contributed by atoms with Crippen LogP contribution in [0.4, 0.5) is 0 Å². The van der Waals surface area contributed by atoms with Gasteiger partial charge < -0.3 is 44.3 Å². The molecule has 1 amide bonds. The topological polar surface area (TPSA) is 189 Å². The largest absolute Gasteiger partial charge is 0.455 e. The number of rotatable bonds is 6. The minimum Gasteiger partial charge on any atom is -0.455 e. The minimum atomic E-state index is -2.61. The number of aliphatic hydroxyl groups is 4. The van der Waals surface area contributed by atoms with Gasteiger partial charge in [-0.2, -0.15) is 0 Å². The maximum Gasteiger partial charge on any atom is 0.340 e. The number of nitrogens with zero attached hydrogens (tertiary/aromatic N) is 1. The van der Waals surface area contributed by atoms with Crippen LogP contribution < -0.4 is 0 Å². The molecule has 1 saturated carbocycles. The molecule has 1 unspecified atom stereocenters. The molecule has 56 heavy (non-hydrogen) atoms. The molecule has 0 radical (unpaired) electrons. The molecule has 2 bridgehead atoms. The predicted molar refractivity (Wildman–Crippen MR) is 208 cm³/mol. The predicted octanol–water partition coefficient (Wildman–Crippen LogP) is 3.86. The number of allylic oxidation sites excluding steroid dienone is 3. The number of fused-ring (bicyclic) bond motifs is 1. The first-order valence-electron chi connectivity index (χ1n) is 20.7. The Bertz CT molecular complexity index is 1460. The van der Waals surface area contributed by atoms with E-state index in [2.05, 4.69) is 0 Å². The number of carbonyl (C=O) groups is 4. The van der Waals surface area contributed by atoms with E-state index >= 15 is 0 Å². The maximum atomic E-state index is 14.8. The van der Waals surface area contributed by atoms with Gasteiger partial charge in [-0.25, -0.2) is 4.79 Å². The van der Waals surface area contributed by atoms with Gasteiger partial charge in [-0.1, -0.05) is 45.4 Å². The van der Waals surface area contributed by atoms with E-state index in [0.29, 0.717) is 56.9 Å². The van der Waals surface area contributed by atoms with Crippen molar-refractivity contribution in [2.75, 3.05) is 27.9 Å². The van der Waals surface area contributed by atoms with E-state index in [9.17, 15) is 39.6 Å². The summed E-state index contributed by atoms with van der Waals surface area (Å²) >= 11 is 0. The summed E-state index contributed by atoms with van der Waals surface area (Å²) in [6.45, 7) is 11.0. The third kappa shape index (κ3) is 9.35. The second-order valence-electron chi connectivity index (χ2n) is 17.4. The van der Waals surface area contributed by atoms with Crippen LogP contribution in [-0.2, 0) is 38.1 Å². The number of carbonyl (C=O) groups excluding carboxylic acids is 4. The number of hydrogen-bond donors (Lipinski definition) is 4. The Kier molecular flexibility index (Phi) is 16.1. The van der Waals surface area contributed by atoms with E-state index in [1.165, 1.54) is 14.2 Å². The van der Waals surface area contributed by atoms with E-state index in [-0.39, 0.29) is 49.5 Å². The van der Waals surface area contributed by atoms with Crippen molar-refractivity contribution in [3.05, 3.63) is 23.3 Å². The van der Waals surface area contributed by atoms with Gasteiger partial charge >= 0.3 is 5.97 Å². The quantitative estimate of drug-likeness (QED) is 0.173. The number of methoxy groups -OCH3 is 3. The molecule has 3 fully saturated rings. The van der Waals surface area contributed by atoms with E-state index in [1.54, 1.807) is 27.9 Å². The third-order valence-electron chi connectivity index (χ3n) is 13.3. The minimum absolute atomic E-state index is 0.0244. The Hall–Kier alpha value is -2.52. The van der Waals surface area contributed by atoms with E-state index in [0.717, 1.165) is 10.5 Å². The highest BCUT2D eigenvalue weighted by Crippen LogP contribution is 2.46. The Balaban J connectivity index is 1.82. The summed E-state index contributed by atoms with van der Waals surface area (Å²) in [5, 5.41) is 46.0. The van der Waals surface area contributed by atoms with Crippen molar-refractivity contribution >= 4 is 23.4 Å². The SMILES string of the molecule is CC[C@@H]1/C=C(/C)C[C@H](C)C[C@H](OC)[C@@H](O)[C@@H](OC)C[C@H](C)[C@@]2(O)C(=O)N3CCCC[C@]3(C(=O)OC(/C(C)=C/[C@@H]3CC[C@@H](O)[C@H](OC)C3)[C@H](C)[C@@H](O)CC1=O)C2=O. The number of aliphatic hydroxyl groups excluding tert-OH is 3. The molecule has 0 aromatic rings. The van der Waals surface area contributed by atoms with Gasteiger partial charge in [0.05, 0.1) is 30.5 Å². The van der Waals surface area contributed by atoms with Gasteiger partial charge in [-0.3, -0.25) is 14.4 Å². The average molecular weight is 792 g/mol. The summed E-state index contributed by atoms with van der Waals surface area (Å²) in [4.78, 5) is 58.8. The van der Waals surface area contributed by atoms with Gasteiger partial charge in [-0.05, 0) is 95.5 Å². The van der Waals surface area contributed by atoms with E-state index in [4.69, 9.17) is 18.9 Å². The zero-order valence-electron chi connectivity index (χ0n) is 35.1. The standard InChI is InChI=1S/C43H69NO12/c1-10-30-18-24(2)17-25(3)19-35(54-8)37(48)36(55-9)21-27(5)43(52)39(49)42(15-11-12-16-44(42)40(43)50)41(51)56-38(28(6)32(46)23-33(30)47)26(4)20-29-13-14-31(45)34(22-29)53-7/h18,20,25,27-32,34-38,45-46,48,52H,10-17,19,21-23H2,1-9H3/b24-18-,26-20+/t25-,27-,28+,29-,30+,31+,32-,34+,35-,36-,37+,38?,42+,43-/m0/s1. The van der Waals surface area contributed by atoms with Gasteiger partial charge in [0.15, 0.2) is 0 Å². The van der Waals surface area contributed by atoms with Crippen molar-refractivity contribution in [1.29, 1.82) is 0 Å². The first kappa shape index (κ1) is 46.2. The van der Waals surface area contributed by atoms with Crippen molar-refractivity contribution < 1.29 is 58.6 Å². The lowest BCUT2D eigenvalue weighted by atomic mass is 9.75. The summed E-state index contributed by atoms with van der Waals surface area (Å²) < 4.78 is 23.3. The summed E-state index contributed by atoms with van der Waals surface area (Å²) in [7, 11) is 4.45. The molecule has 1 spiro atoms. The third-order valence-corrected chi connectivity index (χ3v) is 13.3. The molecule has 14 atom stereocenters. The van der Waals surface area contributed by atoms with Crippen LogP contribution >= 0.6 is 0 Å². The van der Waals surface area contributed by atoms with Crippen LogP contribution in [0, 0.1) is 29.6 Å². The van der Waals surface area contributed by atoms with Gasteiger partial charge in [0.1, 0.15) is 18.0 Å². The number of cyclic esters (lactones) is 1. The fraction of sp³-hybridized carbons (Fsp3) is 0.814. The first-order chi connectivity index (χ1) is 26.4. The van der Waals surface area contributed by atoms with Gasteiger partial charge in [-0.15, -0.1) is 0 Å². The number of ether oxygens (including phenoxy) is 4. The second-order valence-corrected chi connectivity index (χ2v) is 17.4. The van der Waals surface area contributed by atoms with Gasteiger partial charge in [0.25, 0.3) is 5.91 Å². The van der Waals surface area contributed by atoms with Crippen molar-refractivity contribution in [3.8, 4) is 0 Å². The smallest absolute Gasteiger partial charge is 0.340 e. The molecule has 13 heteroatoms. The summed E-state index contributed by atoms with van der Waals surface area (Å²) in [6.07, 6.45) is 1.58. The number of ketones is 2. The molecular formula is C43H69NO12. The molecule has 13 nitrogen and oxygen atoms in total. The molecule has 4 rings (SSSR count). The molecular weight excluding hydrogens is 722 g/mol. The van der Waals surface area contributed by atoms with Crippen LogP contribution in [0.25, 0.3) is 0 Å². The first-order valence-corrected chi connectivity index (χ1v) is 20.7. The Labute approximate surface area is 333 Å². The zero-order chi connectivity index (χ0) is 41.7. The molecule has 0 aromatic carbocycles. The lowest BCUT2D eigenvalue weighted by Gasteiger charge is -2.40. The summed E-state index contributed by atoms with van der Waals surface area (Å²) in [5.41, 5.74) is -3.15. The Morgan fingerprint density at radius 3 is 2.18 bits per heavy atom. The number of hydrogen-bond acceptors (Lipinski definition) is 12. The van der Waals surface area contributed by atoms with Crippen LogP contribution in [0.3, 0.4) is 0 Å². The van der Waals surface area contributed by atoms with Crippen molar-refractivity contribution in [2.24, 2.45) is 29.6 Å². The van der Waals surface area contributed by atoms with Crippen LogP contribution in [0.2, 0.25) is 0 Å². The second kappa shape index (κ2) is 19.5. The molecule has 1 aliphatic carbocycles.